The van der Waals surface area contributed by atoms with Gasteiger partial charge >= 0.3 is 0 Å². The SMILES string of the molecule is COCCNCCc1ncc(-c2sccc2OC)o1. The Morgan fingerprint density at radius 3 is 3.05 bits per heavy atom. The van der Waals surface area contributed by atoms with Gasteiger partial charge in [-0.2, -0.15) is 0 Å². The average Bonchev–Trinajstić information content (AvgIpc) is 3.06. The molecule has 0 unspecified atom stereocenters. The van der Waals surface area contributed by atoms with Gasteiger partial charge in [0.1, 0.15) is 10.6 Å². The molecule has 2 rings (SSSR count). The van der Waals surface area contributed by atoms with Crippen LogP contribution in [0, 0.1) is 0 Å². The van der Waals surface area contributed by atoms with Crippen molar-refractivity contribution in [3.63, 3.8) is 0 Å². The van der Waals surface area contributed by atoms with Gasteiger partial charge in [0, 0.05) is 26.6 Å². The fraction of sp³-hybridized carbons (Fsp3) is 0.462. The van der Waals surface area contributed by atoms with Gasteiger partial charge < -0.3 is 19.2 Å². The molecule has 0 fully saturated rings. The molecule has 0 atom stereocenters. The van der Waals surface area contributed by atoms with Gasteiger partial charge in [-0.15, -0.1) is 11.3 Å². The number of nitrogens with one attached hydrogen (secondary N) is 1. The summed E-state index contributed by atoms with van der Waals surface area (Å²) in [6, 6.07) is 1.93. The van der Waals surface area contributed by atoms with Gasteiger partial charge in [-0.25, -0.2) is 4.98 Å². The van der Waals surface area contributed by atoms with Gasteiger partial charge in [0.15, 0.2) is 11.7 Å². The number of methoxy groups -OCH3 is 2. The van der Waals surface area contributed by atoms with Crippen LogP contribution in [0.5, 0.6) is 5.75 Å². The summed E-state index contributed by atoms with van der Waals surface area (Å²) in [4.78, 5) is 5.26. The van der Waals surface area contributed by atoms with Crippen molar-refractivity contribution in [1.82, 2.24) is 10.3 Å². The molecule has 0 aliphatic heterocycles. The Bertz CT molecular complexity index is 496. The summed E-state index contributed by atoms with van der Waals surface area (Å²) in [7, 11) is 3.35. The first-order chi connectivity index (χ1) is 9.35. The number of aromatic nitrogens is 1. The Hall–Kier alpha value is -1.37. The summed E-state index contributed by atoms with van der Waals surface area (Å²) in [6.45, 7) is 2.37. The number of hydrogen-bond donors (Lipinski definition) is 1. The van der Waals surface area contributed by atoms with Crippen LogP contribution in [-0.4, -0.2) is 38.9 Å². The summed E-state index contributed by atoms with van der Waals surface area (Å²) in [5.74, 6) is 2.32. The summed E-state index contributed by atoms with van der Waals surface area (Å²) in [6.07, 6.45) is 2.51. The van der Waals surface area contributed by atoms with Gasteiger partial charge in [-0.1, -0.05) is 0 Å². The normalized spacial score (nSPS) is 10.8. The third-order valence-electron chi connectivity index (χ3n) is 2.62. The van der Waals surface area contributed by atoms with Crippen LogP contribution in [0.15, 0.2) is 22.1 Å². The van der Waals surface area contributed by atoms with E-state index in [4.69, 9.17) is 13.9 Å². The molecule has 0 saturated carbocycles. The Kier molecular flexibility index (Phi) is 5.38. The molecule has 0 aliphatic rings. The molecule has 0 bridgehead atoms. The lowest BCUT2D eigenvalue weighted by molar-refractivity contribution is 0.199. The molecule has 0 saturated heterocycles. The Morgan fingerprint density at radius 1 is 1.37 bits per heavy atom. The van der Waals surface area contributed by atoms with Crippen molar-refractivity contribution in [2.24, 2.45) is 0 Å². The minimum absolute atomic E-state index is 0.712. The van der Waals surface area contributed by atoms with Crippen molar-refractivity contribution in [2.75, 3.05) is 33.9 Å². The summed E-state index contributed by atoms with van der Waals surface area (Å²) in [5, 5.41) is 5.23. The topological polar surface area (TPSA) is 56.5 Å². The number of hydrogen-bond acceptors (Lipinski definition) is 6. The molecule has 0 aromatic carbocycles. The van der Waals surface area contributed by atoms with Crippen molar-refractivity contribution < 1.29 is 13.9 Å². The molecule has 0 spiro atoms. The van der Waals surface area contributed by atoms with Crippen LogP contribution in [0.4, 0.5) is 0 Å². The number of thiophene rings is 1. The third-order valence-corrected chi connectivity index (χ3v) is 3.54. The van der Waals surface area contributed by atoms with Crippen molar-refractivity contribution in [3.05, 3.63) is 23.5 Å². The molecule has 0 aliphatic carbocycles. The molecule has 2 aromatic rings. The van der Waals surface area contributed by atoms with Crippen LogP contribution in [0.2, 0.25) is 0 Å². The molecule has 5 nitrogen and oxygen atoms in total. The second-order valence-electron chi connectivity index (χ2n) is 3.93. The van der Waals surface area contributed by atoms with E-state index in [1.165, 1.54) is 0 Å². The molecular weight excluding hydrogens is 264 g/mol. The van der Waals surface area contributed by atoms with E-state index < -0.39 is 0 Å². The largest absolute Gasteiger partial charge is 0.495 e. The van der Waals surface area contributed by atoms with E-state index in [-0.39, 0.29) is 0 Å². The molecular formula is C13H18N2O3S. The van der Waals surface area contributed by atoms with Crippen LogP contribution in [-0.2, 0) is 11.2 Å². The zero-order chi connectivity index (χ0) is 13.5. The molecule has 2 heterocycles. The van der Waals surface area contributed by atoms with Gasteiger partial charge in [-0.3, -0.25) is 0 Å². The van der Waals surface area contributed by atoms with E-state index in [0.717, 1.165) is 41.8 Å². The zero-order valence-electron chi connectivity index (χ0n) is 11.1. The highest BCUT2D eigenvalue weighted by atomic mass is 32.1. The van der Waals surface area contributed by atoms with Crippen molar-refractivity contribution in [3.8, 4) is 16.4 Å². The van der Waals surface area contributed by atoms with Crippen LogP contribution >= 0.6 is 11.3 Å². The van der Waals surface area contributed by atoms with Crippen LogP contribution in [0.1, 0.15) is 5.89 Å². The fourth-order valence-corrected chi connectivity index (χ4v) is 2.47. The first-order valence-corrected chi connectivity index (χ1v) is 6.99. The first-order valence-electron chi connectivity index (χ1n) is 6.11. The quantitative estimate of drug-likeness (QED) is 0.752. The highest BCUT2D eigenvalue weighted by Crippen LogP contribution is 2.35. The molecule has 19 heavy (non-hydrogen) atoms. The smallest absolute Gasteiger partial charge is 0.196 e. The minimum atomic E-state index is 0.712. The second-order valence-corrected chi connectivity index (χ2v) is 4.85. The summed E-state index contributed by atoms with van der Waals surface area (Å²) in [5.41, 5.74) is 0. The number of rotatable bonds is 8. The fourth-order valence-electron chi connectivity index (χ4n) is 1.66. The first kappa shape index (κ1) is 14.0. The van der Waals surface area contributed by atoms with Crippen molar-refractivity contribution in [2.45, 2.75) is 6.42 Å². The van der Waals surface area contributed by atoms with E-state index in [1.807, 2.05) is 11.4 Å². The molecule has 1 N–H and O–H groups in total. The van der Waals surface area contributed by atoms with Gasteiger partial charge in [0.25, 0.3) is 0 Å². The van der Waals surface area contributed by atoms with Crippen LogP contribution in [0.3, 0.4) is 0 Å². The number of nitrogens with zero attached hydrogens (tertiary/aromatic N) is 1. The summed E-state index contributed by atoms with van der Waals surface area (Å²) < 4.78 is 16.0. The highest BCUT2D eigenvalue weighted by molar-refractivity contribution is 7.13. The Labute approximate surface area is 116 Å². The Morgan fingerprint density at radius 2 is 2.26 bits per heavy atom. The van der Waals surface area contributed by atoms with Crippen LogP contribution < -0.4 is 10.1 Å². The molecule has 2 aromatic heterocycles. The molecule has 0 radical (unpaired) electrons. The lowest BCUT2D eigenvalue weighted by Crippen LogP contribution is -2.21. The number of oxazole rings is 1. The highest BCUT2D eigenvalue weighted by Gasteiger charge is 2.12. The predicted octanol–water partition coefficient (Wildman–Crippen LogP) is 2.19. The molecule has 0 amide bonds. The number of ether oxygens (including phenoxy) is 2. The maximum absolute atomic E-state index is 5.73. The van der Waals surface area contributed by atoms with E-state index in [0.29, 0.717) is 6.61 Å². The molecule has 104 valence electrons. The second kappa shape index (κ2) is 7.28. The lowest BCUT2D eigenvalue weighted by Gasteiger charge is -2.01. The maximum Gasteiger partial charge on any atom is 0.196 e. The van der Waals surface area contributed by atoms with Gasteiger partial charge in [-0.05, 0) is 11.4 Å². The van der Waals surface area contributed by atoms with Crippen LogP contribution in [0.25, 0.3) is 10.6 Å². The van der Waals surface area contributed by atoms with E-state index in [9.17, 15) is 0 Å². The average molecular weight is 282 g/mol. The minimum Gasteiger partial charge on any atom is -0.495 e. The maximum atomic E-state index is 5.73. The monoisotopic (exact) mass is 282 g/mol. The molecule has 6 heteroatoms. The van der Waals surface area contributed by atoms with E-state index >= 15 is 0 Å². The summed E-state index contributed by atoms with van der Waals surface area (Å²) >= 11 is 1.58. The van der Waals surface area contributed by atoms with Gasteiger partial charge in [0.05, 0.1) is 19.9 Å². The third kappa shape index (κ3) is 3.79. The Balaban J connectivity index is 1.88. The van der Waals surface area contributed by atoms with Gasteiger partial charge in [0.2, 0.25) is 0 Å². The van der Waals surface area contributed by atoms with E-state index in [1.54, 1.807) is 31.8 Å². The lowest BCUT2D eigenvalue weighted by atomic mass is 10.4. The zero-order valence-corrected chi connectivity index (χ0v) is 12.0. The van der Waals surface area contributed by atoms with E-state index in [2.05, 4.69) is 10.3 Å². The van der Waals surface area contributed by atoms with Crippen molar-refractivity contribution in [1.29, 1.82) is 0 Å². The standard InChI is InChI=1S/C13H18N2O3S/c1-16-7-6-14-5-3-12-15-9-11(18-12)13-10(17-2)4-8-19-13/h4,8-9,14H,3,5-7H2,1-2H3. The predicted molar refractivity (Wildman–Crippen MR) is 74.8 cm³/mol. The van der Waals surface area contributed by atoms with Crippen molar-refractivity contribution >= 4 is 11.3 Å².